The molecule has 1 aromatic heterocycles. The predicted octanol–water partition coefficient (Wildman–Crippen LogP) is 1.89. The average molecular weight is 222 g/mol. The molecule has 0 bridgehead atoms. The Balaban J connectivity index is 1.88. The highest BCUT2D eigenvalue weighted by atomic mass is 15.3. The Morgan fingerprint density at radius 1 is 1.56 bits per heavy atom. The maximum Gasteiger partial charge on any atom is 0.126 e. The highest BCUT2D eigenvalue weighted by molar-refractivity contribution is 4.98. The molecule has 1 aliphatic rings. The van der Waals surface area contributed by atoms with Crippen LogP contribution in [0.5, 0.6) is 0 Å². The first-order valence-electron chi connectivity index (χ1n) is 6.24. The van der Waals surface area contributed by atoms with E-state index in [9.17, 15) is 0 Å². The first kappa shape index (κ1) is 11.6. The van der Waals surface area contributed by atoms with E-state index in [1.807, 2.05) is 24.0 Å². The summed E-state index contributed by atoms with van der Waals surface area (Å²) >= 11 is 0. The summed E-state index contributed by atoms with van der Waals surface area (Å²) in [4.78, 5) is 4.35. The Bertz CT molecular complexity index is 315. The molecule has 16 heavy (non-hydrogen) atoms. The lowest BCUT2D eigenvalue weighted by atomic mass is 9.98. The van der Waals surface area contributed by atoms with Gasteiger partial charge in [-0.1, -0.05) is 25.7 Å². The van der Waals surface area contributed by atoms with Gasteiger partial charge in [0.1, 0.15) is 5.82 Å². The summed E-state index contributed by atoms with van der Waals surface area (Å²) in [6.45, 7) is 0. The lowest BCUT2D eigenvalue weighted by Crippen LogP contribution is -2.30. The number of imidazole rings is 1. The maximum atomic E-state index is 5.61. The summed E-state index contributed by atoms with van der Waals surface area (Å²) in [5, 5.41) is 0. The van der Waals surface area contributed by atoms with Crippen molar-refractivity contribution in [2.75, 3.05) is 0 Å². The molecule has 0 aliphatic heterocycles. The van der Waals surface area contributed by atoms with Gasteiger partial charge in [-0.15, -0.1) is 0 Å². The quantitative estimate of drug-likeness (QED) is 0.591. The van der Waals surface area contributed by atoms with Crippen molar-refractivity contribution in [2.24, 2.45) is 18.8 Å². The third-order valence-electron chi connectivity index (χ3n) is 3.71. The molecule has 3 N–H and O–H groups in total. The second kappa shape index (κ2) is 5.46. The van der Waals surface area contributed by atoms with Gasteiger partial charge in [0.15, 0.2) is 0 Å². The van der Waals surface area contributed by atoms with Crippen LogP contribution in [0.1, 0.15) is 50.4 Å². The van der Waals surface area contributed by atoms with Gasteiger partial charge in [-0.25, -0.2) is 10.4 Å². The lowest BCUT2D eigenvalue weighted by molar-refractivity contribution is 0.400. The van der Waals surface area contributed by atoms with Crippen LogP contribution >= 0.6 is 0 Å². The molecule has 1 saturated carbocycles. The van der Waals surface area contributed by atoms with Crippen LogP contribution in [0.15, 0.2) is 12.4 Å². The first-order valence-corrected chi connectivity index (χ1v) is 6.24. The number of hydrazine groups is 1. The molecule has 1 aliphatic carbocycles. The predicted molar refractivity (Wildman–Crippen MR) is 64.5 cm³/mol. The van der Waals surface area contributed by atoms with Gasteiger partial charge < -0.3 is 4.57 Å². The third kappa shape index (κ3) is 2.62. The number of nitrogens with zero attached hydrogens (tertiary/aromatic N) is 2. The minimum absolute atomic E-state index is 0.195. The summed E-state index contributed by atoms with van der Waals surface area (Å²) in [7, 11) is 2.02. The van der Waals surface area contributed by atoms with Crippen LogP contribution in [0.3, 0.4) is 0 Å². The van der Waals surface area contributed by atoms with Gasteiger partial charge in [-0.2, -0.15) is 0 Å². The van der Waals surface area contributed by atoms with Gasteiger partial charge >= 0.3 is 0 Å². The van der Waals surface area contributed by atoms with E-state index in [0.29, 0.717) is 0 Å². The van der Waals surface area contributed by atoms with Crippen molar-refractivity contribution in [3.63, 3.8) is 0 Å². The molecular formula is C12H22N4. The largest absolute Gasteiger partial charge is 0.337 e. The topological polar surface area (TPSA) is 55.9 Å². The third-order valence-corrected chi connectivity index (χ3v) is 3.71. The molecule has 1 unspecified atom stereocenters. The fourth-order valence-electron chi connectivity index (χ4n) is 2.70. The van der Waals surface area contributed by atoms with Gasteiger partial charge in [-0.05, 0) is 18.8 Å². The van der Waals surface area contributed by atoms with Gasteiger partial charge in [-0.3, -0.25) is 5.84 Å². The second-order valence-electron chi connectivity index (χ2n) is 4.84. The number of aryl methyl sites for hydroxylation is 1. The van der Waals surface area contributed by atoms with Crippen LogP contribution < -0.4 is 11.3 Å². The highest BCUT2D eigenvalue weighted by Crippen LogP contribution is 2.30. The average Bonchev–Trinajstić information content (AvgIpc) is 2.92. The Morgan fingerprint density at radius 3 is 2.88 bits per heavy atom. The summed E-state index contributed by atoms with van der Waals surface area (Å²) in [6, 6.07) is 0.195. The van der Waals surface area contributed by atoms with Gasteiger partial charge in [0.2, 0.25) is 0 Å². The van der Waals surface area contributed by atoms with Crippen molar-refractivity contribution < 1.29 is 0 Å². The highest BCUT2D eigenvalue weighted by Gasteiger charge is 2.19. The molecule has 0 saturated heterocycles. The number of nitrogens with one attached hydrogen (secondary N) is 1. The smallest absolute Gasteiger partial charge is 0.126 e. The molecule has 1 fully saturated rings. The van der Waals surface area contributed by atoms with Crippen molar-refractivity contribution in [1.82, 2.24) is 15.0 Å². The molecule has 0 radical (unpaired) electrons. The number of hydrogen-bond donors (Lipinski definition) is 2. The standard InChI is InChI=1S/C12H22N4/c1-16-9-8-14-12(16)11(15-13)7-6-10-4-2-3-5-10/h8-11,15H,2-7,13H2,1H3. The molecule has 0 aromatic carbocycles. The summed E-state index contributed by atoms with van der Waals surface area (Å²) in [5.74, 6) is 7.57. The minimum atomic E-state index is 0.195. The maximum absolute atomic E-state index is 5.61. The number of rotatable bonds is 5. The summed E-state index contributed by atoms with van der Waals surface area (Å²) in [5.41, 5.74) is 2.89. The van der Waals surface area contributed by atoms with Gasteiger partial charge in [0.05, 0.1) is 6.04 Å². The molecular weight excluding hydrogens is 200 g/mol. The molecule has 0 amide bonds. The van der Waals surface area contributed by atoms with Crippen LogP contribution in [-0.2, 0) is 7.05 Å². The van der Waals surface area contributed by atoms with Crippen molar-refractivity contribution in [3.05, 3.63) is 18.2 Å². The summed E-state index contributed by atoms with van der Waals surface area (Å²) in [6.07, 6.45) is 11.8. The molecule has 1 aromatic rings. The Labute approximate surface area is 97.2 Å². The molecule has 2 rings (SSSR count). The SMILES string of the molecule is Cn1ccnc1C(CCC1CCCC1)NN. The normalized spacial score (nSPS) is 19.1. The summed E-state index contributed by atoms with van der Waals surface area (Å²) < 4.78 is 2.04. The molecule has 0 spiro atoms. The van der Waals surface area contributed by atoms with Gasteiger partial charge in [0, 0.05) is 19.4 Å². The van der Waals surface area contributed by atoms with Crippen LogP contribution in [0.2, 0.25) is 0 Å². The van der Waals surface area contributed by atoms with E-state index in [1.165, 1.54) is 32.1 Å². The van der Waals surface area contributed by atoms with E-state index in [4.69, 9.17) is 5.84 Å². The molecule has 1 heterocycles. The van der Waals surface area contributed by atoms with Gasteiger partial charge in [0.25, 0.3) is 0 Å². The van der Waals surface area contributed by atoms with E-state index in [1.54, 1.807) is 0 Å². The monoisotopic (exact) mass is 222 g/mol. The zero-order valence-electron chi connectivity index (χ0n) is 10.0. The number of aromatic nitrogens is 2. The zero-order chi connectivity index (χ0) is 11.4. The second-order valence-corrected chi connectivity index (χ2v) is 4.84. The van der Waals surface area contributed by atoms with Crippen molar-refractivity contribution >= 4 is 0 Å². The number of nitrogens with two attached hydrogens (primary N) is 1. The van der Waals surface area contributed by atoms with E-state index >= 15 is 0 Å². The lowest BCUT2D eigenvalue weighted by Gasteiger charge is -2.17. The van der Waals surface area contributed by atoms with Crippen LogP contribution in [0.4, 0.5) is 0 Å². The van der Waals surface area contributed by atoms with Crippen molar-refractivity contribution in [3.8, 4) is 0 Å². The van der Waals surface area contributed by atoms with E-state index in [2.05, 4.69) is 10.4 Å². The molecule has 90 valence electrons. The molecule has 1 atom stereocenters. The van der Waals surface area contributed by atoms with Crippen LogP contribution in [0, 0.1) is 5.92 Å². The fourth-order valence-corrected chi connectivity index (χ4v) is 2.70. The van der Waals surface area contributed by atoms with Crippen LogP contribution in [-0.4, -0.2) is 9.55 Å². The van der Waals surface area contributed by atoms with Crippen LogP contribution in [0.25, 0.3) is 0 Å². The molecule has 4 heteroatoms. The van der Waals surface area contributed by atoms with E-state index < -0.39 is 0 Å². The number of hydrogen-bond acceptors (Lipinski definition) is 3. The van der Waals surface area contributed by atoms with E-state index in [0.717, 1.165) is 18.2 Å². The Kier molecular flexibility index (Phi) is 3.96. The van der Waals surface area contributed by atoms with Crippen molar-refractivity contribution in [2.45, 2.75) is 44.6 Å². The molecule has 4 nitrogen and oxygen atoms in total. The fraction of sp³-hybridized carbons (Fsp3) is 0.750. The zero-order valence-corrected chi connectivity index (χ0v) is 10.0. The van der Waals surface area contributed by atoms with Crippen molar-refractivity contribution in [1.29, 1.82) is 0 Å². The minimum Gasteiger partial charge on any atom is -0.337 e. The Hall–Kier alpha value is -0.870. The Morgan fingerprint density at radius 2 is 2.31 bits per heavy atom. The van der Waals surface area contributed by atoms with E-state index in [-0.39, 0.29) is 6.04 Å². The first-order chi connectivity index (χ1) is 7.81.